The lowest BCUT2D eigenvalue weighted by Crippen LogP contribution is -2.13. The van der Waals surface area contributed by atoms with E-state index in [4.69, 9.17) is 10.4 Å². The summed E-state index contributed by atoms with van der Waals surface area (Å²) in [6, 6.07) is 2.67. The predicted molar refractivity (Wildman–Crippen MR) is 42.0 cm³/mol. The van der Waals surface area contributed by atoms with Gasteiger partial charge in [0, 0.05) is 0 Å². The molecular formula is C9H5F4NO. The van der Waals surface area contributed by atoms with Gasteiger partial charge in [-0.15, -0.1) is 0 Å². The van der Waals surface area contributed by atoms with E-state index in [1.165, 1.54) is 0 Å². The van der Waals surface area contributed by atoms with E-state index in [9.17, 15) is 17.6 Å². The van der Waals surface area contributed by atoms with Gasteiger partial charge in [-0.3, -0.25) is 0 Å². The highest BCUT2D eigenvalue weighted by atomic mass is 19.4. The third-order valence-corrected chi connectivity index (χ3v) is 1.81. The molecule has 0 aliphatic carbocycles. The zero-order valence-corrected chi connectivity index (χ0v) is 7.27. The van der Waals surface area contributed by atoms with Gasteiger partial charge in [-0.1, -0.05) is 6.07 Å². The molecule has 2 nitrogen and oxygen atoms in total. The summed E-state index contributed by atoms with van der Waals surface area (Å²) in [5, 5.41) is 17.1. The summed E-state index contributed by atoms with van der Waals surface area (Å²) < 4.78 is 50.2. The minimum Gasteiger partial charge on any atom is -0.392 e. The highest BCUT2D eigenvalue weighted by Crippen LogP contribution is 2.35. The predicted octanol–water partition coefficient (Wildman–Crippen LogP) is 2.21. The molecule has 0 saturated heterocycles. The molecule has 0 aliphatic rings. The summed E-state index contributed by atoms with van der Waals surface area (Å²) in [6.45, 7) is -0.899. The first-order valence-electron chi connectivity index (χ1n) is 3.81. The van der Waals surface area contributed by atoms with Crippen LogP contribution in [0.2, 0.25) is 0 Å². The van der Waals surface area contributed by atoms with Crippen LogP contribution in [0, 0.1) is 17.1 Å². The van der Waals surface area contributed by atoms with Crippen LogP contribution in [0.25, 0.3) is 0 Å². The third-order valence-electron chi connectivity index (χ3n) is 1.81. The van der Waals surface area contributed by atoms with Crippen molar-refractivity contribution in [3.05, 3.63) is 34.6 Å². The zero-order valence-electron chi connectivity index (χ0n) is 7.27. The minimum absolute atomic E-state index is 0.513. The maximum Gasteiger partial charge on any atom is 0.418 e. The number of aliphatic hydroxyl groups is 1. The maximum absolute atomic E-state index is 12.9. The molecule has 0 unspecified atom stereocenters. The number of benzene rings is 1. The molecule has 0 aliphatic heterocycles. The van der Waals surface area contributed by atoms with Crippen LogP contribution in [0.5, 0.6) is 0 Å². The van der Waals surface area contributed by atoms with Gasteiger partial charge >= 0.3 is 6.18 Å². The summed E-state index contributed by atoms with van der Waals surface area (Å²) in [4.78, 5) is 0. The molecule has 6 heteroatoms. The van der Waals surface area contributed by atoms with Gasteiger partial charge in [0.1, 0.15) is 17.4 Å². The van der Waals surface area contributed by atoms with E-state index in [1.54, 1.807) is 0 Å². The van der Waals surface area contributed by atoms with Crippen LogP contribution >= 0.6 is 0 Å². The number of hydrogen-bond donors (Lipinski definition) is 1. The van der Waals surface area contributed by atoms with Crippen molar-refractivity contribution in [1.82, 2.24) is 0 Å². The number of alkyl halides is 3. The molecule has 1 rings (SSSR count). The Morgan fingerprint density at radius 2 is 1.93 bits per heavy atom. The molecule has 0 atom stereocenters. The summed E-state index contributed by atoms with van der Waals surface area (Å²) in [5.41, 5.74) is -3.01. The molecule has 1 aromatic rings. The second-order valence-electron chi connectivity index (χ2n) is 2.72. The van der Waals surface area contributed by atoms with E-state index in [0.29, 0.717) is 0 Å². The molecule has 0 bridgehead atoms. The minimum atomic E-state index is -4.86. The van der Waals surface area contributed by atoms with E-state index in [-0.39, 0.29) is 0 Å². The highest BCUT2D eigenvalue weighted by Gasteiger charge is 2.37. The fraction of sp³-hybridized carbons (Fsp3) is 0.222. The summed E-state index contributed by atoms with van der Waals surface area (Å²) in [5.74, 6) is -1.25. The fourth-order valence-corrected chi connectivity index (χ4v) is 1.19. The van der Waals surface area contributed by atoms with Gasteiger partial charge in [0.25, 0.3) is 0 Å². The van der Waals surface area contributed by atoms with Crippen molar-refractivity contribution in [2.45, 2.75) is 12.8 Å². The lowest BCUT2D eigenvalue weighted by atomic mass is 10.0. The van der Waals surface area contributed by atoms with Gasteiger partial charge in [-0.25, -0.2) is 4.39 Å². The number of halogens is 4. The number of nitrogens with zero attached hydrogens (tertiary/aromatic N) is 1. The SMILES string of the molecule is N#Cc1c(F)ccc(CO)c1C(F)(F)F. The quantitative estimate of drug-likeness (QED) is 0.736. The standard InChI is InChI=1S/C9H5F4NO/c10-7-2-1-5(4-15)8(6(7)3-14)9(11,12)13/h1-2,15H,4H2. The van der Waals surface area contributed by atoms with Gasteiger partial charge in [0.2, 0.25) is 0 Å². The molecule has 15 heavy (non-hydrogen) atoms. The zero-order chi connectivity index (χ0) is 11.6. The van der Waals surface area contributed by atoms with Crippen molar-refractivity contribution in [2.24, 2.45) is 0 Å². The Bertz CT molecular complexity index is 419. The Kier molecular flexibility index (Phi) is 2.95. The van der Waals surface area contributed by atoms with E-state index in [0.717, 1.165) is 18.2 Å². The van der Waals surface area contributed by atoms with E-state index in [1.807, 2.05) is 0 Å². The Labute approximate surface area is 82.4 Å². The van der Waals surface area contributed by atoms with Crippen LogP contribution in [-0.2, 0) is 12.8 Å². The summed E-state index contributed by atoms with van der Waals surface area (Å²) in [7, 11) is 0. The first-order valence-corrected chi connectivity index (χ1v) is 3.81. The van der Waals surface area contributed by atoms with Crippen LogP contribution < -0.4 is 0 Å². The van der Waals surface area contributed by atoms with E-state index in [2.05, 4.69) is 0 Å². The molecule has 0 aromatic heterocycles. The van der Waals surface area contributed by atoms with Crippen molar-refractivity contribution >= 4 is 0 Å². The van der Waals surface area contributed by atoms with Crippen LogP contribution in [-0.4, -0.2) is 5.11 Å². The van der Waals surface area contributed by atoms with Gasteiger partial charge in [0.05, 0.1) is 12.2 Å². The monoisotopic (exact) mass is 219 g/mol. The van der Waals surface area contributed by atoms with Crippen molar-refractivity contribution in [1.29, 1.82) is 5.26 Å². The number of aliphatic hydroxyl groups excluding tert-OH is 1. The van der Waals surface area contributed by atoms with Gasteiger partial charge < -0.3 is 5.11 Å². The van der Waals surface area contributed by atoms with Crippen molar-refractivity contribution in [2.75, 3.05) is 0 Å². The third kappa shape index (κ3) is 2.07. The summed E-state index contributed by atoms with van der Waals surface area (Å²) in [6.07, 6.45) is -4.86. The normalized spacial score (nSPS) is 11.2. The summed E-state index contributed by atoms with van der Waals surface area (Å²) >= 11 is 0. The second kappa shape index (κ2) is 3.87. The first kappa shape index (κ1) is 11.5. The largest absolute Gasteiger partial charge is 0.418 e. The van der Waals surface area contributed by atoms with Crippen molar-refractivity contribution in [3.63, 3.8) is 0 Å². The first-order chi connectivity index (χ1) is 6.91. The second-order valence-corrected chi connectivity index (χ2v) is 2.72. The average molecular weight is 219 g/mol. The lowest BCUT2D eigenvalue weighted by Gasteiger charge is -2.13. The Balaban J connectivity index is 3.57. The molecule has 0 radical (unpaired) electrons. The Morgan fingerprint density at radius 3 is 2.33 bits per heavy atom. The molecule has 1 N–H and O–H groups in total. The lowest BCUT2D eigenvalue weighted by molar-refractivity contribution is -0.139. The Morgan fingerprint density at radius 1 is 1.33 bits per heavy atom. The van der Waals surface area contributed by atoms with Crippen LogP contribution in [0.3, 0.4) is 0 Å². The van der Waals surface area contributed by atoms with Crippen LogP contribution in [0.15, 0.2) is 12.1 Å². The average Bonchev–Trinajstić information content (AvgIpc) is 2.15. The smallest absolute Gasteiger partial charge is 0.392 e. The fourth-order valence-electron chi connectivity index (χ4n) is 1.19. The number of hydrogen-bond acceptors (Lipinski definition) is 2. The van der Waals surface area contributed by atoms with Crippen molar-refractivity contribution in [3.8, 4) is 6.07 Å². The molecular weight excluding hydrogens is 214 g/mol. The van der Waals surface area contributed by atoms with E-state index < -0.39 is 35.3 Å². The highest BCUT2D eigenvalue weighted by molar-refractivity contribution is 5.45. The Hall–Kier alpha value is -1.61. The van der Waals surface area contributed by atoms with Crippen LogP contribution in [0.4, 0.5) is 17.6 Å². The molecule has 0 amide bonds. The topological polar surface area (TPSA) is 44.0 Å². The van der Waals surface area contributed by atoms with Gasteiger partial charge in [-0.05, 0) is 11.6 Å². The molecule has 80 valence electrons. The van der Waals surface area contributed by atoms with Crippen molar-refractivity contribution < 1.29 is 22.7 Å². The number of rotatable bonds is 1. The molecule has 0 heterocycles. The molecule has 1 aromatic carbocycles. The molecule has 0 spiro atoms. The van der Waals surface area contributed by atoms with Gasteiger partial charge in [0.15, 0.2) is 0 Å². The number of nitriles is 1. The van der Waals surface area contributed by atoms with Gasteiger partial charge in [-0.2, -0.15) is 18.4 Å². The van der Waals surface area contributed by atoms with Crippen LogP contribution in [0.1, 0.15) is 16.7 Å². The maximum atomic E-state index is 12.9. The van der Waals surface area contributed by atoms with E-state index >= 15 is 0 Å². The molecule has 0 fully saturated rings. The molecule has 0 saturated carbocycles.